The van der Waals surface area contributed by atoms with Crippen molar-refractivity contribution < 1.29 is 22.7 Å². The van der Waals surface area contributed by atoms with Crippen LogP contribution in [-0.2, 0) is 21.4 Å². The molecule has 1 unspecified atom stereocenters. The summed E-state index contributed by atoms with van der Waals surface area (Å²) in [5.74, 6) is 1.04. The third kappa shape index (κ3) is 4.63. The molecule has 0 aliphatic carbocycles. The Morgan fingerprint density at radius 1 is 1.06 bits per heavy atom. The van der Waals surface area contributed by atoms with Crippen molar-refractivity contribution in [2.24, 2.45) is 0 Å². The van der Waals surface area contributed by atoms with E-state index in [0.717, 1.165) is 35.7 Å². The van der Waals surface area contributed by atoms with E-state index in [1.54, 1.807) is 42.8 Å². The molecule has 1 fully saturated rings. The summed E-state index contributed by atoms with van der Waals surface area (Å²) in [6, 6.07) is 12.0. The molecular formula is C25H31N3O5S. The molecule has 1 aliphatic heterocycles. The van der Waals surface area contributed by atoms with E-state index in [0.29, 0.717) is 36.0 Å². The molecule has 8 nitrogen and oxygen atoms in total. The van der Waals surface area contributed by atoms with Crippen molar-refractivity contribution in [3.05, 3.63) is 54.2 Å². The Labute approximate surface area is 200 Å². The molecule has 182 valence electrons. The van der Waals surface area contributed by atoms with Crippen LogP contribution >= 0.6 is 0 Å². The van der Waals surface area contributed by atoms with Crippen molar-refractivity contribution in [3.63, 3.8) is 0 Å². The topological polar surface area (TPSA) is 89.9 Å². The number of carbonyl (C=O) groups is 1. The zero-order valence-electron chi connectivity index (χ0n) is 19.8. The van der Waals surface area contributed by atoms with Crippen molar-refractivity contribution in [2.75, 3.05) is 27.3 Å². The van der Waals surface area contributed by atoms with Gasteiger partial charge in [-0.05, 0) is 50.1 Å². The van der Waals surface area contributed by atoms with Crippen LogP contribution in [0.3, 0.4) is 0 Å². The Balaban J connectivity index is 1.51. The average molecular weight is 486 g/mol. The third-order valence-corrected chi connectivity index (χ3v) is 8.27. The number of amides is 1. The van der Waals surface area contributed by atoms with Crippen molar-refractivity contribution in [2.45, 2.75) is 43.7 Å². The van der Waals surface area contributed by atoms with Gasteiger partial charge in [-0.25, -0.2) is 8.42 Å². The van der Waals surface area contributed by atoms with Crippen LogP contribution in [0.5, 0.6) is 11.5 Å². The van der Waals surface area contributed by atoms with E-state index in [-0.39, 0.29) is 5.91 Å². The summed E-state index contributed by atoms with van der Waals surface area (Å²) < 4.78 is 40.2. The Morgan fingerprint density at radius 3 is 2.53 bits per heavy atom. The van der Waals surface area contributed by atoms with Gasteiger partial charge in [0.2, 0.25) is 15.9 Å². The molecule has 9 heteroatoms. The van der Waals surface area contributed by atoms with Gasteiger partial charge in [0.25, 0.3) is 0 Å². The number of piperidine rings is 1. The normalized spacial score (nSPS) is 15.7. The van der Waals surface area contributed by atoms with Crippen LogP contribution < -0.4 is 14.8 Å². The monoisotopic (exact) mass is 485 g/mol. The Bertz CT molecular complexity index is 1280. The number of carbonyl (C=O) groups excluding carboxylic acids is 1. The number of methoxy groups -OCH3 is 2. The minimum atomic E-state index is -3.51. The summed E-state index contributed by atoms with van der Waals surface area (Å²) in [5.41, 5.74) is 1.62. The van der Waals surface area contributed by atoms with Gasteiger partial charge in [-0.1, -0.05) is 18.6 Å². The molecule has 3 aromatic rings. The third-order valence-electron chi connectivity index (χ3n) is 6.38. The molecule has 0 spiro atoms. The Hall–Kier alpha value is -3.04. The SMILES string of the molecule is COc1cccc(CNC(=O)C(C)n2ccc3cc(S(=O)(=O)N4CCCCC4)ccc32)c1OC. The summed E-state index contributed by atoms with van der Waals surface area (Å²) in [6.45, 7) is 3.24. The lowest BCUT2D eigenvalue weighted by atomic mass is 10.1. The van der Waals surface area contributed by atoms with Gasteiger partial charge >= 0.3 is 0 Å². The number of ether oxygens (including phenoxy) is 2. The van der Waals surface area contributed by atoms with E-state index in [4.69, 9.17) is 9.47 Å². The predicted molar refractivity (Wildman–Crippen MR) is 131 cm³/mol. The lowest BCUT2D eigenvalue weighted by Crippen LogP contribution is -2.35. The van der Waals surface area contributed by atoms with Crippen LogP contribution in [0.15, 0.2) is 53.6 Å². The molecule has 4 rings (SSSR count). The zero-order chi connectivity index (χ0) is 24.3. The number of hydrogen-bond donors (Lipinski definition) is 1. The van der Waals surface area contributed by atoms with Crippen LogP contribution in [-0.4, -0.2) is 50.5 Å². The molecule has 1 aromatic heterocycles. The molecule has 0 radical (unpaired) electrons. The van der Waals surface area contributed by atoms with Crippen LogP contribution in [0.4, 0.5) is 0 Å². The second-order valence-corrected chi connectivity index (χ2v) is 10.4. The Kier molecular flexibility index (Phi) is 7.13. The van der Waals surface area contributed by atoms with Gasteiger partial charge in [0, 0.05) is 42.3 Å². The summed E-state index contributed by atoms with van der Waals surface area (Å²) in [4.78, 5) is 13.2. The second-order valence-electron chi connectivity index (χ2n) is 8.45. The standard InChI is InChI=1S/C25H31N3O5S/c1-18(25(29)26-17-20-8-7-9-23(32-2)24(20)33-3)28-15-12-19-16-21(10-11-22(19)28)34(30,31)27-13-5-4-6-14-27/h7-12,15-16,18H,4-6,13-14,17H2,1-3H3,(H,26,29). The average Bonchev–Trinajstić information content (AvgIpc) is 3.30. The predicted octanol–water partition coefficient (Wildman–Crippen LogP) is 3.71. The maximum Gasteiger partial charge on any atom is 0.243 e. The largest absolute Gasteiger partial charge is 0.493 e. The van der Waals surface area contributed by atoms with E-state index in [9.17, 15) is 13.2 Å². The highest BCUT2D eigenvalue weighted by molar-refractivity contribution is 7.89. The van der Waals surface area contributed by atoms with Gasteiger partial charge in [0.1, 0.15) is 6.04 Å². The van der Waals surface area contributed by atoms with Gasteiger partial charge < -0.3 is 19.4 Å². The zero-order valence-corrected chi connectivity index (χ0v) is 20.6. The number of sulfonamides is 1. The molecule has 2 aromatic carbocycles. The molecular weight excluding hydrogens is 454 g/mol. The smallest absolute Gasteiger partial charge is 0.243 e. The van der Waals surface area contributed by atoms with Crippen molar-refractivity contribution in [1.82, 2.24) is 14.2 Å². The number of benzene rings is 2. The number of fused-ring (bicyclic) bond motifs is 1. The fourth-order valence-corrected chi connectivity index (χ4v) is 6.00. The minimum Gasteiger partial charge on any atom is -0.493 e. The summed E-state index contributed by atoms with van der Waals surface area (Å²) >= 11 is 0. The first-order valence-electron chi connectivity index (χ1n) is 11.4. The molecule has 1 amide bonds. The van der Waals surface area contributed by atoms with Crippen molar-refractivity contribution in [1.29, 1.82) is 0 Å². The molecule has 34 heavy (non-hydrogen) atoms. The van der Waals surface area contributed by atoms with Crippen LogP contribution in [0.1, 0.15) is 37.8 Å². The Morgan fingerprint density at radius 2 is 1.82 bits per heavy atom. The van der Waals surface area contributed by atoms with Gasteiger partial charge in [0.15, 0.2) is 11.5 Å². The fraction of sp³-hybridized carbons (Fsp3) is 0.400. The number of rotatable bonds is 8. The van der Waals surface area contributed by atoms with Crippen LogP contribution in [0.2, 0.25) is 0 Å². The molecule has 1 saturated heterocycles. The van der Waals surface area contributed by atoms with E-state index < -0.39 is 16.1 Å². The first-order valence-corrected chi connectivity index (χ1v) is 12.9. The number of nitrogens with one attached hydrogen (secondary N) is 1. The quantitative estimate of drug-likeness (QED) is 0.525. The van der Waals surface area contributed by atoms with Gasteiger partial charge in [-0.15, -0.1) is 0 Å². The molecule has 2 heterocycles. The first kappa shape index (κ1) is 24.1. The molecule has 0 saturated carbocycles. The second kappa shape index (κ2) is 10.1. The lowest BCUT2D eigenvalue weighted by Gasteiger charge is -2.26. The lowest BCUT2D eigenvalue weighted by molar-refractivity contribution is -0.123. The van der Waals surface area contributed by atoms with E-state index in [1.807, 2.05) is 35.9 Å². The molecule has 0 bridgehead atoms. The highest BCUT2D eigenvalue weighted by atomic mass is 32.2. The van der Waals surface area contributed by atoms with Gasteiger partial charge in [0.05, 0.1) is 19.1 Å². The highest BCUT2D eigenvalue weighted by Gasteiger charge is 2.26. The number of nitrogens with zero attached hydrogens (tertiary/aromatic N) is 2. The molecule has 1 aliphatic rings. The first-order chi connectivity index (χ1) is 16.4. The highest BCUT2D eigenvalue weighted by Crippen LogP contribution is 2.31. The van der Waals surface area contributed by atoms with Gasteiger partial charge in [-0.2, -0.15) is 4.31 Å². The fourth-order valence-electron chi connectivity index (χ4n) is 4.44. The number of hydrogen-bond acceptors (Lipinski definition) is 5. The maximum atomic E-state index is 13.0. The van der Waals surface area contributed by atoms with Crippen molar-refractivity contribution >= 4 is 26.8 Å². The summed E-state index contributed by atoms with van der Waals surface area (Å²) in [6.07, 6.45) is 4.68. The maximum absolute atomic E-state index is 13.0. The minimum absolute atomic E-state index is 0.160. The van der Waals surface area contributed by atoms with Crippen molar-refractivity contribution in [3.8, 4) is 11.5 Å². The van der Waals surface area contributed by atoms with Gasteiger partial charge in [-0.3, -0.25) is 4.79 Å². The van der Waals surface area contributed by atoms with Crippen LogP contribution in [0, 0.1) is 0 Å². The molecule has 1 atom stereocenters. The summed E-state index contributed by atoms with van der Waals surface area (Å²) in [7, 11) is -0.371. The van der Waals surface area contributed by atoms with E-state index >= 15 is 0 Å². The summed E-state index contributed by atoms with van der Waals surface area (Å²) in [5, 5.41) is 3.74. The van der Waals surface area contributed by atoms with E-state index in [1.165, 1.54) is 0 Å². The van der Waals surface area contributed by atoms with Crippen LogP contribution in [0.25, 0.3) is 10.9 Å². The molecule has 1 N–H and O–H groups in total. The number of para-hydroxylation sites is 1. The number of aromatic nitrogens is 1. The van der Waals surface area contributed by atoms with E-state index in [2.05, 4.69) is 5.32 Å².